The van der Waals surface area contributed by atoms with Crippen LogP contribution in [0.2, 0.25) is 0 Å². The van der Waals surface area contributed by atoms with Gasteiger partial charge in [-0.15, -0.1) is 0 Å². The summed E-state index contributed by atoms with van der Waals surface area (Å²) < 4.78 is 40.6. The van der Waals surface area contributed by atoms with E-state index in [-0.39, 0.29) is 13.2 Å². The highest BCUT2D eigenvalue weighted by molar-refractivity contribution is 7.53. The van der Waals surface area contributed by atoms with Crippen LogP contribution in [0, 0.1) is 6.92 Å². The first-order valence-corrected chi connectivity index (χ1v) is 10.0. The van der Waals surface area contributed by atoms with Gasteiger partial charge in [0.05, 0.1) is 20.7 Å². The zero-order chi connectivity index (χ0) is 18.9. The molecule has 23 heavy (non-hydrogen) atoms. The third-order valence-corrected chi connectivity index (χ3v) is 5.32. The Hall–Kier alpha value is -0.890. The lowest BCUT2D eigenvalue weighted by Gasteiger charge is -2.22. The molecule has 1 aromatic rings. The summed E-state index contributed by atoms with van der Waals surface area (Å²) in [5.41, 5.74) is 1.97. The average molecular weight is 340 g/mol. The first-order valence-electron chi connectivity index (χ1n) is 9.50. The summed E-state index contributed by atoms with van der Waals surface area (Å²) in [6.45, 7) is 8.01. The van der Waals surface area contributed by atoms with Crippen molar-refractivity contribution in [2.45, 2.75) is 52.9 Å². The lowest BCUT2D eigenvalue weighted by atomic mass is 9.99. The van der Waals surface area contributed by atoms with Crippen molar-refractivity contribution in [1.29, 1.82) is 0 Å². The Morgan fingerprint density at radius 1 is 1.22 bits per heavy atom. The van der Waals surface area contributed by atoms with Crippen molar-refractivity contribution >= 4 is 7.60 Å². The van der Waals surface area contributed by atoms with E-state index in [4.69, 9.17) is 11.8 Å². The second-order valence-electron chi connectivity index (χ2n) is 5.44. The van der Waals surface area contributed by atoms with Gasteiger partial charge in [-0.05, 0) is 32.8 Å². The smallest absolute Gasteiger partial charge is 0.309 e. The van der Waals surface area contributed by atoms with E-state index in [1.54, 1.807) is 19.9 Å². The molecule has 0 radical (unpaired) electrons. The van der Waals surface area contributed by atoms with Gasteiger partial charge in [-0.25, -0.2) is 0 Å². The van der Waals surface area contributed by atoms with Crippen LogP contribution in [-0.4, -0.2) is 19.4 Å². The third-order valence-electron chi connectivity index (χ3n) is 3.40. The second-order valence-corrected chi connectivity index (χ2v) is 7.33. The molecular formula is C19H31O3P. The predicted molar refractivity (Wildman–Crippen MR) is 98.3 cm³/mol. The van der Waals surface area contributed by atoms with E-state index >= 15 is 0 Å². The molecule has 0 heterocycles. The SMILES string of the molecule is [2H]/C(=C\C(c1ccc(C)cc1)C([2H])P(=O)(OCC)OCC)CCCC. The fraction of sp³-hybridized carbons (Fsp3) is 0.579. The van der Waals surface area contributed by atoms with Crippen molar-refractivity contribution in [3.8, 4) is 0 Å². The van der Waals surface area contributed by atoms with Gasteiger partial charge in [0.1, 0.15) is 0 Å². The molecule has 0 aliphatic heterocycles. The van der Waals surface area contributed by atoms with E-state index in [0.29, 0.717) is 12.5 Å². The molecule has 0 fully saturated rings. The predicted octanol–water partition coefficient (Wildman–Crippen LogP) is 6.09. The van der Waals surface area contributed by atoms with Crippen molar-refractivity contribution in [1.82, 2.24) is 0 Å². The zero-order valence-corrected chi connectivity index (χ0v) is 15.6. The van der Waals surface area contributed by atoms with Crippen molar-refractivity contribution in [2.75, 3.05) is 19.4 Å². The molecule has 1 rings (SSSR count). The Labute approximate surface area is 144 Å². The van der Waals surface area contributed by atoms with Crippen LogP contribution >= 0.6 is 7.60 Å². The molecule has 0 saturated carbocycles. The number of allylic oxidation sites excluding steroid dienone is 2. The Kier molecular flexibility index (Phi) is 7.96. The molecule has 0 amide bonds. The first-order chi connectivity index (χ1) is 11.9. The monoisotopic (exact) mass is 340 g/mol. The van der Waals surface area contributed by atoms with Gasteiger partial charge < -0.3 is 9.05 Å². The van der Waals surface area contributed by atoms with Crippen molar-refractivity contribution in [2.24, 2.45) is 0 Å². The summed E-state index contributed by atoms with van der Waals surface area (Å²) in [4.78, 5) is 0. The van der Waals surface area contributed by atoms with Crippen LogP contribution in [0.5, 0.6) is 0 Å². The zero-order valence-electron chi connectivity index (χ0n) is 16.7. The normalized spacial score (nSPS) is 16.6. The molecule has 4 heteroatoms. The van der Waals surface area contributed by atoms with Crippen LogP contribution in [0.15, 0.2) is 36.4 Å². The fourth-order valence-electron chi connectivity index (χ4n) is 2.18. The minimum absolute atomic E-state index is 0.223. The van der Waals surface area contributed by atoms with Crippen molar-refractivity contribution in [3.63, 3.8) is 0 Å². The van der Waals surface area contributed by atoms with Gasteiger partial charge in [0.2, 0.25) is 0 Å². The molecular weight excluding hydrogens is 307 g/mol. The Morgan fingerprint density at radius 3 is 2.35 bits per heavy atom. The van der Waals surface area contributed by atoms with Crippen LogP contribution in [0.25, 0.3) is 0 Å². The summed E-state index contributed by atoms with van der Waals surface area (Å²) in [7, 11) is -3.59. The van der Waals surface area contributed by atoms with Crippen LogP contribution in [0.1, 0.15) is 59.8 Å². The van der Waals surface area contributed by atoms with Gasteiger partial charge in [-0.3, -0.25) is 4.57 Å². The molecule has 0 saturated heterocycles. The molecule has 0 aromatic heterocycles. The largest absolute Gasteiger partial charge is 0.331 e. The summed E-state index contributed by atoms with van der Waals surface area (Å²) in [6, 6.07) is 8.24. The lowest BCUT2D eigenvalue weighted by Crippen LogP contribution is -2.08. The fourth-order valence-corrected chi connectivity index (χ4v) is 3.80. The maximum Gasteiger partial charge on any atom is 0.331 e. The molecule has 1 aromatic carbocycles. The van der Waals surface area contributed by atoms with Crippen molar-refractivity contribution in [3.05, 3.63) is 47.5 Å². The van der Waals surface area contributed by atoms with E-state index in [9.17, 15) is 4.57 Å². The van der Waals surface area contributed by atoms with Crippen LogP contribution < -0.4 is 0 Å². The number of aryl methyl sites for hydroxylation is 1. The van der Waals surface area contributed by atoms with Gasteiger partial charge in [0.25, 0.3) is 0 Å². The Bertz CT molecular complexity index is 577. The van der Waals surface area contributed by atoms with Crippen LogP contribution in [0.4, 0.5) is 0 Å². The van der Waals surface area contributed by atoms with Gasteiger partial charge in [-0.2, -0.15) is 0 Å². The maximum atomic E-state index is 13.1. The van der Waals surface area contributed by atoms with Gasteiger partial charge in [0.15, 0.2) is 0 Å². The summed E-state index contributed by atoms with van der Waals surface area (Å²) in [5.74, 6) is -0.506. The number of benzene rings is 1. The third kappa shape index (κ3) is 7.48. The number of rotatable bonds is 11. The van der Waals surface area contributed by atoms with E-state index in [2.05, 4.69) is 6.92 Å². The lowest BCUT2D eigenvalue weighted by molar-refractivity contribution is 0.219. The van der Waals surface area contributed by atoms with E-state index < -0.39 is 19.7 Å². The first kappa shape index (κ1) is 17.0. The molecule has 0 bridgehead atoms. The molecule has 0 aliphatic rings. The van der Waals surface area contributed by atoms with Crippen LogP contribution in [-0.2, 0) is 13.6 Å². The topological polar surface area (TPSA) is 35.5 Å². The molecule has 130 valence electrons. The minimum atomic E-state index is -3.59. The standard InChI is InChI=1S/C19H31O3P/c1-5-8-9-10-11-19(18-14-12-17(4)13-15-18)16-23(20,21-6-2)22-7-3/h10-15,19H,5-9,16H2,1-4H3/b11-10+/i10D,16D. The highest BCUT2D eigenvalue weighted by Crippen LogP contribution is 2.51. The molecule has 2 atom stereocenters. The van der Waals surface area contributed by atoms with E-state index in [0.717, 1.165) is 24.0 Å². The molecule has 2 unspecified atom stereocenters. The summed E-state index contributed by atoms with van der Waals surface area (Å²) in [5, 5.41) is 0. The van der Waals surface area contributed by atoms with E-state index in [1.165, 1.54) is 0 Å². The summed E-state index contributed by atoms with van der Waals surface area (Å²) >= 11 is 0. The van der Waals surface area contributed by atoms with Crippen LogP contribution in [0.3, 0.4) is 0 Å². The molecule has 0 N–H and O–H groups in total. The quantitative estimate of drug-likeness (QED) is 0.361. The van der Waals surface area contributed by atoms with Gasteiger partial charge in [-0.1, -0.05) is 61.7 Å². The number of hydrogen-bond acceptors (Lipinski definition) is 3. The maximum absolute atomic E-state index is 13.1. The Morgan fingerprint density at radius 2 is 1.83 bits per heavy atom. The van der Waals surface area contributed by atoms with Gasteiger partial charge in [0, 0.05) is 7.29 Å². The second kappa shape index (κ2) is 10.8. The molecule has 0 aliphatic carbocycles. The summed E-state index contributed by atoms with van der Waals surface area (Å²) in [6.07, 6.45) is 3.22. The average Bonchev–Trinajstić information content (AvgIpc) is 2.58. The highest BCUT2D eigenvalue weighted by atomic mass is 31.2. The Balaban J connectivity index is 3.24. The van der Waals surface area contributed by atoms with Crippen molar-refractivity contribution < 1.29 is 16.4 Å². The number of unbranched alkanes of at least 4 members (excludes halogenated alkanes) is 1. The highest BCUT2D eigenvalue weighted by Gasteiger charge is 2.28. The number of hydrogen-bond donors (Lipinski definition) is 0. The molecule has 0 spiro atoms. The van der Waals surface area contributed by atoms with E-state index in [1.807, 2.05) is 31.2 Å². The minimum Gasteiger partial charge on any atom is -0.309 e. The molecule has 3 nitrogen and oxygen atoms in total. The van der Waals surface area contributed by atoms with Gasteiger partial charge >= 0.3 is 7.60 Å².